The van der Waals surface area contributed by atoms with Crippen molar-refractivity contribution in [2.45, 2.75) is 81.2 Å². The van der Waals surface area contributed by atoms with E-state index >= 15 is 4.79 Å². The molecule has 11 heteroatoms. The summed E-state index contributed by atoms with van der Waals surface area (Å²) in [5, 5.41) is 1.07. The van der Waals surface area contributed by atoms with Crippen LogP contribution in [0.4, 0.5) is 0 Å². The van der Waals surface area contributed by atoms with E-state index in [0.717, 1.165) is 79.8 Å². The van der Waals surface area contributed by atoms with Gasteiger partial charge in [-0.1, -0.05) is 25.3 Å². The first kappa shape index (κ1) is 29.7. The van der Waals surface area contributed by atoms with Gasteiger partial charge in [0.1, 0.15) is 11.3 Å². The molecule has 2 unspecified atom stereocenters. The van der Waals surface area contributed by atoms with E-state index in [1.54, 1.807) is 13.2 Å². The third-order valence-corrected chi connectivity index (χ3v) is 13.6. The molecule has 2 amide bonds. The lowest BCUT2D eigenvalue weighted by atomic mass is 9.80. The summed E-state index contributed by atoms with van der Waals surface area (Å²) in [5.41, 5.74) is 5.02. The second-order valence-electron chi connectivity index (χ2n) is 14.6. The molecule has 3 atom stereocenters. The summed E-state index contributed by atoms with van der Waals surface area (Å²) < 4.78 is 37.3. The maximum Gasteiger partial charge on any atom is 0.304 e. The number of amides is 2. The molecule has 3 saturated heterocycles. The van der Waals surface area contributed by atoms with Crippen LogP contribution in [0.2, 0.25) is 0 Å². The molecule has 6 aliphatic rings. The lowest BCUT2D eigenvalue weighted by Crippen LogP contribution is -2.55. The predicted molar refractivity (Wildman–Crippen MR) is 179 cm³/mol. The molecular formula is C36H43N5O5S. The van der Waals surface area contributed by atoms with Gasteiger partial charge in [0, 0.05) is 61.2 Å². The Bertz CT molecular complexity index is 1910. The summed E-state index contributed by atoms with van der Waals surface area (Å²) in [6, 6.07) is 12.3. The molecule has 4 aliphatic heterocycles. The maximum atomic E-state index is 15.1. The van der Waals surface area contributed by atoms with Crippen LogP contribution in [0.25, 0.3) is 22.2 Å². The van der Waals surface area contributed by atoms with Gasteiger partial charge in [0.25, 0.3) is 5.91 Å². The van der Waals surface area contributed by atoms with E-state index < -0.39 is 21.7 Å². The number of aromatic nitrogens is 1. The molecule has 1 aromatic heterocycles. The van der Waals surface area contributed by atoms with Crippen LogP contribution in [-0.4, -0.2) is 91.3 Å². The van der Waals surface area contributed by atoms with Gasteiger partial charge in [0.2, 0.25) is 5.91 Å². The number of hydrogen-bond acceptors (Lipinski definition) is 6. The van der Waals surface area contributed by atoms with E-state index in [2.05, 4.69) is 31.2 Å². The van der Waals surface area contributed by atoms with Gasteiger partial charge in [0.15, 0.2) is 0 Å². The van der Waals surface area contributed by atoms with Gasteiger partial charge >= 0.3 is 10.2 Å². The third kappa shape index (κ3) is 4.45. The summed E-state index contributed by atoms with van der Waals surface area (Å²) in [7, 11) is -2.21. The van der Waals surface area contributed by atoms with Crippen LogP contribution >= 0.6 is 0 Å². The van der Waals surface area contributed by atoms with Crippen molar-refractivity contribution in [1.29, 1.82) is 0 Å². The number of carbonyl (C=O) groups is 2. The predicted octanol–water partition coefficient (Wildman–Crippen LogP) is 4.55. The number of carbonyl (C=O) groups excluding carboxylic acids is 2. The molecule has 248 valence electrons. The normalized spacial score (nSPS) is 27.4. The van der Waals surface area contributed by atoms with Crippen LogP contribution in [0, 0.1) is 0 Å². The van der Waals surface area contributed by atoms with Gasteiger partial charge in [-0.2, -0.15) is 12.7 Å². The van der Waals surface area contributed by atoms with Gasteiger partial charge in [-0.15, -0.1) is 0 Å². The molecule has 5 fully saturated rings. The van der Waals surface area contributed by atoms with Gasteiger partial charge < -0.3 is 14.2 Å². The molecule has 2 aliphatic carbocycles. The Labute approximate surface area is 276 Å². The number of rotatable bonds is 6. The zero-order valence-electron chi connectivity index (χ0n) is 27.0. The average molecular weight is 658 g/mol. The first-order valence-corrected chi connectivity index (χ1v) is 19.0. The molecule has 9 rings (SSSR count). The molecule has 0 bridgehead atoms. The molecular weight excluding hydrogens is 614 g/mol. The zero-order chi connectivity index (χ0) is 32.1. The molecule has 2 saturated carbocycles. The van der Waals surface area contributed by atoms with E-state index in [9.17, 15) is 13.2 Å². The Kier molecular flexibility index (Phi) is 6.83. The van der Waals surface area contributed by atoms with Gasteiger partial charge in [0.05, 0.1) is 18.3 Å². The highest BCUT2D eigenvalue weighted by molar-refractivity contribution is 7.87. The lowest BCUT2D eigenvalue weighted by Gasteiger charge is -2.41. The number of fused-ring (bicyclic) bond motifs is 9. The quantitative estimate of drug-likeness (QED) is 0.418. The molecule has 2 aromatic carbocycles. The number of methoxy groups -OCH3 is 1. The smallest absolute Gasteiger partial charge is 0.304 e. The fourth-order valence-corrected chi connectivity index (χ4v) is 10.7. The number of nitrogens with one attached hydrogen (secondary N) is 1. The first-order valence-electron chi connectivity index (χ1n) is 17.5. The first-order chi connectivity index (χ1) is 22.8. The fourth-order valence-electron chi connectivity index (χ4n) is 9.53. The van der Waals surface area contributed by atoms with E-state index in [-0.39, 0.29) is 17.4 Å². The minimum Gasteiger partial charge on any atom is -0.497 e. The standard InChI is InChI=1S/C36H43N5O5S/c1-46-26-11-13-27-29(20-26)30-21-36(30,35(43)39-18-17-38-14-5-9-25(38)22-39)41-31-19-24(34(42)37-47(44,45)40-15-6-16-40)10-12-28(31)32(33(27)41)23-7-3-2-4-8-23/h10-13,19-20,23,25,30H,2-9,14-18,21-22H2,1H3,(H,37,42)/t25-,30?,36?/m0/s1. The van der Waals surface area contributed by atoms with E-state index in [4.69, 9.17) is 4.74 Å². The minimum absolute atomic E-state index is 0.00621. The summed E-state index contributed by atoms with van der Waals surface area (Å²) in [6.07, 6.45) is 9.53. The number of nitrogens with zero attached hydrogens (tertiary/aromatic N) is 4. The molecule has 0 spiro atoms. The summed E-state index contributed by atoms with van der Waals surface area (Å²) in [5.74, 6) is 0.662. The SMILES string of the molecule is COc1ccc2c(c1)C1CC1(C(=O)N1CCN3CCC[C@H]3C1)n1c-2c(C2CCCCC2)c2ccc(C(=O)NS(=O)(=O)N3CCC3)cc21. The van der Waals surface area contributed by atoms with Crippen LogP contribution in [-0.2, 0) is 20.5 Å². The van der Waals surface area contributed by atoms with Crippen LogP contribution in [0.15, 0.2) is 36.4 Å². The Hall–Kier alpha value is -3.41. The number of piperazine rings is 1. The maximum absolute atomic E-state index is 15.1. The van der Waals surface area contributed by atoms with Crippen LogP contribution in [0.3, 0.4) is 0 Å². The Morgan fingerprint density at radius 3 is 2.51 bits per heavy atom. The lowest BCUT2D eigenvalue weighted by molar-refractivity contribution is -0.139. The molecule has 0 radical (unpaired) electrons. The summed E-state index contributed by atoms with van der Waals surface area (Å²) in [6.45, 7) is 4.34. The Morgan fingerprint density at radius 2 is 1.74 bits per heavy atom. The van der Waals surface area contributed by atoms with Crippen molar-refractivity contribution in [3.63, 3.8) is 0 Å². The van der Waals surface area contributed by atoms with Crippen molar-refractivity contribution >= 4 is 32.9 Å². The minimum atomic E-state index is -3.90. The second-order valence-corrected chi connectivity index (χ2v) is 16.2. The van der Waals surface area contributed by atoms with Crippen molar-refractivity contribution in [2.24, 2.45) is 0 Å². The van der Waals surface area contributed by atoms with Gasteiger partial charge in [-0.25, -0.2) is 4.72 Å². The van der Waals surface area contributed by atoms with Gasteiger partial charge in [-0.3, -0.25) is 14.5 Å². The molecule has 47 heavy (non-hydrogen) atoms. The number of benzene rings is 2. The Balaban J connectivity index is 1.23. The largest absolute Gasteiger partial charge is 0.497 e. The number of hydrogen-bond donors (Lipinski definition) is 1. The number of ether oxygens (including phenoxy) is 1. The fraction of sp³-hybridized carbons (Fsp3) is 0.556. The highest BCUT2D eigenvalue weighted by Gasteiger charge is 2.67. The van der Waals surface area contributed by atoms with Crippen LogP contribution < -0.4 is 9.46 Å². The molecule has 10 nitrogen and oxygen atoms in total. The van der Waals surface area contributed by atoms with Crippen molar-refractivity contribution in [3.8, 4) is 17.0 Å². The van der Waals surface area contributed by atoms with Crippen molar-refractivity contribution < 1.29 is 22.7 Å². The summed E-state index contributed by atoms with van der Waals surface area (Å²) in [4.78, 5) is 33.3. The third-order valence-electron chi connectivity index (χ3n) is 12.1. The van der Waals surface area contributed by atoms with Gasteiger partial charge in [-0.05, 0) is 92.4 Å². The van der Waals surface area contributed by atoms with Crippen LogP contribution in [0.5, 0.6) is 5.75 Å². The van der Waals surface area contributed by atoms with Crippen LogP contribution in [0.1, 0.15) is 91.1 Å². The highest BCUT2D eigenvalue weighted by atomic mass is 32.2. The Morgan fingerprint density at radius 1 is 0.915 bits per heavy atom. The van der Waals surface area contributed by atoms with Crippen molar-refractivity contribution in [2.75, 3.05) is 46.4 Å². The molecule has 5 heterocycles. The average Bonchev–Trinajstić information content (AvgIpc) is 3.47. The molecule has 3 aromatic rings. The van der Waals surface area contributed by atoms with Crippen molar-refractivity contribution in [3.05, 3.63) is 53.1 Å². The zero-order valence-corrected chi connectivity index (χ0v) is 27.9. The van der Waals surface area contributed by atoms with E-state index in [0.29, 0.717) is 31.5 Å². The monoisotopic (exact) mass is 657 g/mol. The second kappa shape index (κ2) is 10.8. The van der Waals surface area contributed by atoms with Crippen molar-refractivity contribution in [1.82, 2.24) is 23.4 Å². The van der Waals surface area contributed by atoms with E-state index in [1.807, 2.05) is 18.2 Å². The molecule has 1 N–H and O–H groups in total. The van der Waals surface area contributed by atoms with E-state index in [1.165, 1.54) is 41.1 Å². The topological polar surface area (TPSA) is 104 Å². The highest BCUT2D eigenvalue weighted by Crippen LogP contribution is 2.67. The summed E-state index contributed by atoms with van der Waals surface area (Å²) >= 11 is 0.